The minimum atomic E-state index is -0.400. The molecule has 0 aliphatic carbocycles. The first-order chi connectivity index (χ1) is 8.84. The number of amides is 1. The van der Waals surface area contributed by atoms with Gasteiger partial charge >= 0.3 is 6.09 Å². The molecule has 102 valence electrons. The van der Waals surface area contributed by atoms with Crippen LogP contribution in [0.4, 0.5) is 4.79 Å². The van der Waals surface area contributed by atoms with E-state index in [0.717, 1.165) is 11.1 Å². The van der Waals surface area contributed by atoms with Gasteiger partial charge in [0.1, 0.15) is 6.61 Å². The summed E-state index contributed by atoms with van der Waals surface area (Å²) in [7, 11) is 0. The van der Waals surface area contributed by atoms with E-state index in [0.29, 0.717) is 13.2 Å². The molecule has 0 spiro atoms. The van der Waals surface area contributed by atoms with Gasteiger partial charge in [-0.3, -0.25) is 0 Å². The summed E-state index contributed by atoms with van der Waals surface area (Å²) >= 11 is 0. The third-order valence-corrected chi connectivity index (χ3v) is 2.49. The van der Waals surface area contributed by atoms with Crippen molar-refractivity contribution in [2.75, 3.05) is 0 Å². The molecule has 3 nitrogen and oxygen atoms in total. The Hall–Kier alpha value is -1.80. The van der Waals surface area contributed by atoms with Gasteiger partial charge in [-0.05, 0) is 11.1 Å². The number of carbonyl (C=O) groups is 1. The van der Waals surface area contributed by atoms with E-state index in [4.69, 9.17) is 4.74 Å². The van der Waals surface area contributed by atoms with E-state index in [1.165, 1.54) is 0 Å². The largest absolute Gasteiger partial charge is 0.445 e. The number of ether oxygens (including phenoxy) is 1. The Labute approximate surface area is 122 Å². The van der Waals surface area contributed by atoms with Crippen molar-refractivity contribution in [3.05, 3.63) is 71.8 Å². The first-order valence-electron chi connectivity index (χ1n) is 5.83. The first-order valence-corrected chi connectivity index (χ1v) is 5.83. The molecule has 2 rings (SSSR count). The van der Waals surface area contributed by atoms with Gasteiger partial charge in [0.05, 0.1) is 0 Å². The van der Waals surface area contributed by atoms with Gasteiger partial charge in [-0.25, -0.2) is 4.79 Å². The van der Waals surface area contributed by atoms with E-state index in [1.807, 2.05) is 60.7 Å². The quantitative estimate of drug-likeness (QED) is 0.881. The molecule has 1 N–H and O–H groups in total. The van der Waals surface area contributed by atoms with Crippen molar-refractivity contribution in [1.29, 1.82) is 0 Å². The van der Waals surface area contributed by atoms with Gasteiger partial charge in [-0.2, -0.15) is 0 Å². The fourth-order valence-electron chi connectivity index (χ4n) is 1.54. The van der Waals surface area contributed by atoms with Gasteiger partial charge in [-0.15, -0.1) is 0 Å². The standard InChI is InChI=1S/C15H15NO2.Ni/c17-15(16-11-13-7-3-1-4-8-13)18-12-14-9-5-2-6-10-14;/h1-10H,11-12H2,(H,16,17);. The summed E-state index contributed by atoms with van der Waals surface area (Å²) < 4.78 is 5.10. The number of benzene rings is 2. The summed E-state index contributed by atoms with van der Waals surface area (Å²) in [5, 5.41) is 2.71. The molecular weight excluding hydrogens is 285 g/mol. The van der Waals surface area contributed by atoms with Crippen LogP contribution in [-0.2, 0) is 34.4 Å². The van der Waals surface area contributed by atoms with Crippen molar-refractivity contribution < 1.29 is 26.0 Å². The number of carbonyl (C=O) groups excluding carboxylic acids is 1. The van der Waals surface area contributed by atoms with E-state index >= 15 is 0 Å². The van der Waals surface area contributed by atoms with Gasteiger partial charge in [0, 0.05) is 23.0 Å². The summed E-state index contributed by atoms with van der Waals surface area (Å²) in [6.45, 7) is 0.774. The van der Waals surface area contributed by atoms with E-state index < -0.39 is 6.09 Å². The van der Waals surface area contributed by atoms with Crippen LogP contribution in [0.5, 0.6) is 0 Å². The Morgan fingerprint density at radius 3 is 2.00 bits per heavy atom. The van der Waals surface area contributed by atoms with E-state index in [-0.39, 0.29) is 16.5 Å². The van der Waals surface area contributed by atoms with Crippen molar-refractivity contribution >= 4 is 6.09 Å². The number of hydrogen-bond acceptors (Lipinski definition) is 2. The summed E-state index contributed by atoms with van der Waals surface area (Å²) in [4.78, 5) is 11.5. The molecule has 0 heterocycles. The Kier molecular flexibility index (Phi) is 6.69. The average Bonchev–Trinajstić information content (AvgIpc) is 2.45. The maximum absolute atomic E-state index is 11.5. The van der Waals surface area contributed by atoms with Crippen LogP contribution < -0.4 is 5.32 Å². The predicted molar refractivity (Wildman–Crippen MR) is 69.9 cm³/mol. The van der Waals surface area contributed by atoms with Crippen molar-refractivity contribution in [3.8, 4) is 0 Å². The van der Waals surface area contributed by atoms with Crippen molar-refractivity contribution in [1.82, 2.24) is 5.32 Å². The molecule has 0 aliphatic rings. The summed E-state index contributed by atoms with van der Waals surface area (Å²) in [5.41, 5.74) is 2.03. The molecule has 0 atom stereocenters. The van der Waals surface area contributed by atoms with Crippen molar-refractivity contribution in [3.63, 3.8) is 0 Å². The maximum atomic E-state index is 11.5. The fraction of sp³-hybridized carbons (Fsp3) is 0.133. The van der Waals surface area contributed by atoms with Gasteiger partial charge in [-0.1, -0.05) is 60.7 Å². The van der Waals surface area contributed by atoms with Gasteiger partial charge < -0.3 is 10.1 Å². The summed E-state index contributed by atoms with van der Waals surface area (Å²) in [6.07, 6.45) is -0.400. The van der Waals surface area contributed by atoms with Crippen LogP contribution in [0.1, 0.15) is 11.1 Å². The third-order valence-electron chi connectivity index (χ3n) is 2.49. The van der Waals surface area contributed by atoms with Crippen molar-refractivity contribution in [2.24, 2.45) is 0 Å². The topological polar surface area (TPSA) is 38.3 Å². The van der Waals surface area contributed by atoms with Crippen LogP contribution in [0.25, 0.3) is 0 Å². The minimum Gasteiger partial charge on any atom is -0.445 e. The normalized spacial score (nSPS) is 9.26. The van der Waals surface area contributed by atoms with Crippen molar-refractivity contribution in [2.45, 2.75) is 13.2 Å². The monoisotopic (exact) mass is 299 g/mol. The molecule has 0 unspecified atom stereocenters. The summed E-state index contributed by atoms with van der Waals surface area (Å²) in [6, 6.07) is 19.3. The number of nitrogens with one attached hydrogen (secondary N) is 1. The van der Waals surface area contributed by atoms with Crippen LogP contribution in [0.15, 0.2) is 60.7 Å². The Balaban J connectivity index is 0.00000180. The second kappa shape index (κ2) is 8.33. The zero-order chi connectivity index (χ0) is 12.6. The third kappa shape index (κ3) is 5.58. The molecule has 19 heavy (non-hydrogen) atoms. The average molecular weight is 300 g/mol. The molecule has 0 aliphatic heterocycles. The van der Waals surface area contributed by atoms with Crippen LogP contribution in [0.2, 0.25) is 0 Å². The number of rotatable bonds is 4. The molecule has 4 heteroatoms. The molecular formula is C15H15NNiO2. The molecule has 0 bridgehead atoms. The van der Waals surface area contributed by atoms with Crippen LogP contribution in [-0.4, -0.2) is 6.09 Å². The molecule has 0 saturated heterocycles. The smallest absolute Gasteiger partial charge is 0.407 e. The van der Waals surface area contributed by atoms with E-state index in [1.54, 1.807) is 0 Å². The SMILES string of the molecule is O=C(NCc1ccccc1)OCc1ccccc1.[Ni]. The predicted octanol–water partition coefficient (Wildman–Crippen LogP) is 3.11. The Morgan fingerprint density at radius 2 is 1.42 bits per heavy atom. The molecule has 0 aromatic heterocycles. The number of alkyl carbamates (subject to hydrolysis) is 1. The van der Waals surface area contributed by atoms with Gasteiger partial charge in [0.15, 0.2) is 0 Å². The van der Waals surface area contributed by atoms with E-state index in [9.17, 15) is 4.79 Å². The summed E-state index contributed by atoms with van der Waals surface area (Å²) in [5.74, 6) is 0. The zero-order valence-electron chi connectivity index (χ0n) is 10.3. The molecule has 0 fully saturated rings. The van der Waals surface area contributed by atoms with Crippen LogP contribution >= 0.6 is 0 Å². The molecule has 1 amide bonds. The van der Waals surface area contributed by atoms with Gasteiger partial charge in [0.2, 0.25) is 0 Å². The van der Waals surface area contributed by atoms with Crippen LogP contribution in [0, 0.1) is 0 Å². The maximum Gasteiger partial charge on any atom is 0.407 e. The Bertz CT molecular complexity index is 443. The molecule has 2 aromatic carbocycles. The second-order valence-electron chi connectivity index (χ2n) is 3.90. The van der Waals surface area contributed by atoms with Gasteiger partial charge in [0.25, 0.3) is 0 Å². The molecule has 0 saturated carbocycles. The minimum absolute atomic E-state index is 0. The molecule has 0 radical (unpaired) electrons. The first kappa shape index (κ1) is 15.3. The second-order valence-corrected chi connectivity index (χ2v) is 3.90. The fourth-order valence-corrected chi connectivity index (χ4v) is 1.54. The Morgan fingerprint density at radius 1 is 0.895 bits per heavy atom. The zero-order valence-corrected chi connectivity index (χ0v) is 11.3. The molecule has 2 aromatic rings. The number of hydrogen-bond donors (Lipinski definition) is 1. The van der Waals surface area contributed by atoms with Crippen LogP contribution in [0.3, 0.4) is 0 Å². The van der Waals surface area contributed by atoms with E-state index in [2.05, 4.69) is 5.32 Å².